The first-order valence-electron chi connectivity index (χ1n) is 6.57. The van der Waals surface area contributed by atoms with Crippen LogP contribution < -0.4 is 11.1 Å². The summed E-state index contributed by atoms with van der Waals surface area (Å²) in [6.45, 7) is 4.67. The summed E-state index contributed by atoms with van der Waals surface area (Å²) in [5.74, 6) is 0.879. The van der Waals surface area contributed by atoms with Gasteiger partial charge in [-0.3, -0.25) is 0 Å². The van der Waals surface area contributed by atoms with Crippen LogP contribution in [0.1, 0.15) is 19.4 Å². The molecule has 0 fully saturated rings. The number of anilines is 2. The Bertz CT molecular complexity index is 662. The van der Waals surface area contributed by atoms with Gasteiger partial charge in [-0.25, -0.2) is 4.98 Å². The fourth-order valence-electron chi connectivity index (χ4n) is 1.76. The molecule has 2 aromatic heterocycles. The number of nitrogens with two attached hydrogens (primary N) is 1. The van der Waals surface area contributed by atoms with E-state index >= 15 is 0 Å². The molecular weight excluding hydrogens is 252 g/mol. The Hall–Kier alpha value is -2.63. The van der Waals surface area contributed by atoms with Crippen molar-refractivity contribution in [3.8, 4) is 0 Å². The van der Waals surface area contributed by atoms with Crippen molar-refractivity contribution in [1.29, 1.82) is 0 Å². The number of aromatic nitrogens is 4. The van der Waals surface area contributed by atoms with E-state index in [-0.39, 0.29) is 5.95 Å². The average Bonchev–Trinajstić information content (AvgIpc) is 2.96. The van der Waals surface area contributed by atoms with Crippen molar-refractivity contribution < 1.29 is 0 Å². The average molecular weight is 270 g/mol. The third kappa shape index (κ3) is 3.03. The predicted octanol–water partition coefficient (Wildman–Crippen LogP) is 2.57. The maximum atomic E-state index is 5.64. The highest BCUT2D eigenvalue weighted by molar-refractivity contribution is 5.83. The summed E-state index contributed by atoms with van der Waals surface area (Å²) < 4.78 is 0. The number of nitrogens with one attached hydrogen (secondary N) is 2. The maximum absolute atomic E-state index is 5.64. The number of hydrogen-bond donors (Lipinski definition) is 3. The van der Waals surface area contributed by atoms with Gasteiger partial charge in [-0.15, -0.1) is 0 Å². The molecule has 4 N–H and O–H groups in total. The van der Waals surface area contributed by atoms with E-state index < -0.39 is 0 Å². The van der Waals surface area contributed by atoms with Crippen molar-refractivity contribution in [3.05, 3.63) is 42.2 Å². The van der Waals surface area contributed by atoms with Crippen LogP contribution in [0.15, 0.2) is 36.7 Å². The number of nitrogen functional groups attached to an aromatic ring is 1. The fraction of sp³-hybridized carbons (Fsp3) is 0.214. The Morgan fingerprint density at radius 1 is 1.15 bits per heavy atom. The number of benzene rings is 1. The van der Waals surface area contributed by atoms with Crippen molar-refractivity contribution in [2.75, 3.05) is 11.1 Å². The molecule has 6 nitrogen and oxygen atoms in total. The molecule has 20 heavy (non-hydrogen) atoms. The lowest BCUT2D eigenvalue weighted by Crippen LogP contribution is -2.05. The SMILES string of the molecule is CC.Nc1nc(NCc2ccccc2)c2[nH]cnc2n1. The van der Waals surface area contributed by atoms with Crippen LogP contribution in [0.2, 0.25) is 0 Å². The van der Waals surface area contributed by atoms with Gasteiger partial charge >= 0.3 is 0 Å². The van der Waals surface area contributed by atoms with Crippen molar-refractivity contribution in [2.45, 2.75) is 20.4 Å². The van der Waals surface area contributed by atoms with Crippen LogP contribution in [0.25, 0.3) is 11.2 Å². The molecule has 0 saturated heterocycles. The summed E-state index contributed by atoms with van der Waals surface area (Å²) in [6.07, 6.45) is 1.58. The standard InChI is InChI=1S/C12H12N6.C2H6/c13-12-17-10(9-11(18-12)16-7-15-9)14-6-8-4-2-1-3-5-8;1-2/h1-5,7H,6H2,(H4,13,14,15,16,17,18);1-2H3. The second kappa shape index (κ2) is 6.51. The van der Waals surface area contributed by atoms with Gasteiger partial charge in [-0.05, 0) is 5.56 Å². The number of nitrogens with zero attached hydrogens (tertiary/aromatic N) is 3. The molecule has 0 bridgehead atoms. The van der Waals surface area contributed by atoms with E-state index in [1.54, 1.807) is 6.33 Å². The molecule has 1 aromatic carbocycles. The van der Waals surface area contributed by atoms with Crippen LogP contribution in [0, 0.1) is 0 Å². The highest BCUT2D eigenvalue weighted by atomic mass is 15.1. The van der Waals surface area contributed by atoms with Gasteiger partial charge in [0.1, 0.15) is 5.52 Å². The first kappa shape index (κ1) is 13.8. The summed E-state index contributed by atoms with van der Waals surface area (Å²) in [5, 5.41) is 3.23. The van der Waals surface area contributed by atoms with Gasteiger partial charge in [0.25, 0.3) is 0 Å². The topological polar surface area (TPSA) is 92.5 Å². The second-order valence-corrected chi connectivity index (χ2v) is 3.87. The van der Waals surface area contributed by atoms with E-state index in [0.29, 0.717) is 18.0 Å². The molecule has 0 unspecified atom stereocenters. The fourth-order valence-corrected chi connectivity index (χ4v) is 1.76. The van der Waals surface area contributed by atoms with Crippen molar-refractivity contribution in [2.24, 2.45) is 0 Å². The monoisotopic (exact) mass is 270 g/mol. The van der Waals surface area contributed by atoms with Crippen molar-refractivity contribution in [3.63, 3.8) is 0 Å². The lowest BCUT2D eigenvalue weighted by Gasteiger charge is -2.06. The summed E-state index contributed by atoms with van der Waals surface area (Å²) in [4.78, 5) is 15.3. The molecule has 0 aliphatic carbocycles. The number of H-pyrrole nitrogens is 1. The second-order valence-electron chi connectivity index (χ2n) is 3.87. The largest absolute Gasteiger partial charge is 0.368 e. The predicted molar refractivity (Wildman–Crippen MR) is 81.2 cm³/mol. The Balaban J connectivity index is 0.000000704. The van der Waals surface area contributed by atoms with Gasteiger partial charge < -0.3 is 16.0 Å². The first-order valence-corrected chi connectivity index (χ1v) is 6.57. The molecule has 0 amide bonds. The van der Waals surface area contributed by atoms with E-state index in [1.807, 2.05) is 44.2 Å². The van der Waals surface area contributed by atoms with E-state index in [1.165, 1.54) is 5.56 Å². The van der Waals surface area contributed by atoms with Crippen molar-refractivity contribution in [1.82, 2.24) is 19.9 Å². The van der Waals surface area contributed by atoms with Gasteiger partial charge in [0.15, 0.2) is 11.5 Å². The highest BCUT2D eigenvalue weighted by Gasteiger charge is 2.07. The third-order valence-corrected chi connectivity index (χ3v) is 2.61. The lowest BCUT2D eigenvalue weighted by atomic mass is 10.2. The highest BCUT2D eigenvalue weighted by Crippen LogP contribution is 2.17. The van der Waals surface area contributed by atoms with Crippen LogP contribution in [0.5, 0.6) is 0 Å². The van der Waals surface area contributed by atoms with Crippen LogP contribution in [-0.2, 0) is 6.54 Å². The molecule has 0 aliphatic heterocycles. The summed E-state index contributed by atoms with van der Waals surface area (Å²) in [5.41, 5.74) is 8.14. The molecule has 0 aliphatic rings. The number of rotatable bonds is 3. The number of aromatic amines is 1. The minimum Gasteiger partial charge on any atom is -0.368 e. The number of imidazole rings is 1. The zero-order valence-electron chi connectivity index (χ0n) is 11.6. The minimum absolute atomic E-state index is 0.213. The smallest absolute Gasteiger partial charge is 0.224 e. The molecule has 0 spiro atoms. The minimum atomic E-state index is 0.213. The quantitative estimate of drug-likeness (QED) is 0.680. The van der Waals surface area contributed by atoms with Crippen LogP contribution >= 0.6 is 0 Å². The zero-order chi connectivity index (χ0) is 14.4. The first-order chi connectivity index (χ1) is 9.83. The van der Waals surface area contributed by atoms with Crippen LogP contribution in [0.4, 0.5) is 11.8 Å². The van der Waals surface area contributed by atoms with E-state index in [9.17, 15) is 0 Å². The summed E-state index contributed by atoms with van der Waals surface area (Å²) in [6, 6.07) is 10.1. The molecule has 3 rings (SSSR count). The molecule has 0 atom stereocenters. The molecule has 2 heterocycles. The van der Waals surface area contributed by atoms with Gasteiger partial charge in [0.2, 0.25) is 5.95 Å². The number of hydrogen-bond acceptors (Lipinski definition) is 5. The maximum Gasteiger partial charge on any atom is 0.224 e. The Kier molecular flexibility index (Phi) is 4.49. The molecule has 3 aromatic rings. The van der Waals surface area contributed by atoms with Gasteiger partial charge in [0.05, 0.1) is 6.33 Å². The van der Waals surface area contributed by atoms with Gasteiger partial charge in [0, 0.05) is 6.54 Å². The molecule has 104 valence electrons. The number of fused-ring (bicyclic) bond motifs is 1. The normalized spacial score (nSPS) is 9.90. The van der Waals surface area contributed by atoms with E-state index in [0.717, 1.165) is 5.52 Å². The molecule has 0 saturated carbocycles. The van der Waals surface area contributed by atoms with Crippen LogP contribution in [0.3, 0.4) is 0 Å². The Morgan fingerprint density at radius 3 is 2.65 bits per heavy atom. The summed E-state index contributed by atoms with van der Waals surface area (Å²) in [7, 11) is 0. The van der Waals surface area contributed by atoms with Crippen LogP contribution in [-0.4, -0.2) is 19.9 Å². The van der Waals surface area contributed by atoms with Gasteiger partial charge in [-0.1, -0.05) is 44.2 Å². The molecule has 0 radical (unpaired) electrons. The summed E-state index contributed by atoms with van der Waals surface area (Å²) >= 11 is 0. The molecular formula is C14H18N6. The molecule has 6 heteroatoms. The van der Waals surface area contributed by atoms with Gasteiger partial charge in [-0.2, -0.15) is 9.97 Å². The van der Waals surface area contributed by atoms with E-state index in [4.69, 9.17) is 5.73 Å². The third-order valence-electron chi connectivity index (χ3n) is 2.61. The zero-order valence-corrected chi connectivity index (χ0v) is 11.6. The Morgan fingerprint density at radius 2 is 1.90 bits per heavy atom. The Labute approximate surface area is 117 Å². The van der Waals surface area contributed by atoms with Crippen molar-refractivity contribution >= 4 is 22.9 Å². The van der Waals surface area contributed by atoms with E-state index in [2.05, 4.69) is 25.3 Å². The lowest BCUT2D eigenvalue weighted by molar-refractivity contribution is 1.10.